The van der Waals surface area contributed by atoms with Crippen LogP contribution in [0.2, 0.25) is 5.02 Å². The second-order valence-corrected chi connectivity index (χ2v) is 9.23. The van der Waals surface area contributed by atoms with Crippen LogP contribution >= 0.6 is 23.1 Å². The minimum absolute atomic E-state index is 0.000597. The van der Waals surface area contributed by atoms with Gasteiger partial charge in [0.05, 0.1) is 0 Å². The molecule has 1 aliphatic carbocycles. The third kappa shape index (κ3) is 4.93. The molecule has 1 atom stereocenters. The van der Waals surface area contributed by atoms with Crippen LogP contribution in [0.3, 0.4) is 0 Å². The van der Waals surface area contributed by atoms with Gasteiger partial charge >= 0.3 is 0 Å². The monoisotopic (exact) mass is 438 g/mol. The van der Waals surface area contributed by atoms with Crippen LogP contribution in [-0.4, -0.2) is 37.9 Å². The zero-order chi connectivity index (χ0) is 21.2. The molecular formula is C20H24ClFN4O2S. The SMILES string of the molecule is CC(C)(C)NC(=O)[C@H](c1c(F)cccc1Cl)N(C(=O)c1csnn1)C1CCCC1. The summed E-state index contributed by atoms with van der Waals surface area (Å²) in [7, 11) is 0. The Morgan fingerprint density at radius 3 is 2.55 bits per heavy atom. The third-order valence-electron chi connectivity index (χ3n) is 4.83. The van der Waals surface area contributed by atoms with Gasteiger partial charge in [0.1, 0.15) is 11.9 Å². The summed E-state index contributed by atoms with van der Waals surface area (Å²) in [5, 5.41) is 8.40. The van der Waals surface area contributed by atoms with Crippen LogP contribution in [0.15, 0.2) is 23.6 Å². The number of carbonyl (C=O) groups is 2. The lowest BCUT2D eigenvalue weighted by molar-refractivity contribution is -0.128. The topological polar surface area (TPSA) is 75.2 Å². The van der Waals surface area contributed by atoms with E-state index in [0.717, 1.165) is 37.2 Å². The quantitative estimate of drug-likeness (QED) is 0.752. The second kappa shape index (κ2) is 8.75. The van der Waals surface area contributed by atoms with Gasteiger partial charge in [0.2, 0.25) is 5.91 Å². The van der Waals surface area contributed by atoms with Gasteiger partial charge in [0.25, 0.3) is 5.91 Å². The minimum Gasteiger partial charge on any atom is -0.349 e. The third-order valence-corrected chi connectivity index (χ3v) is 5.66. The molecule has 2 amide bonds. The van der Waals surface area contributed by atoms with E-state index in [9.17, 15) is 14.0 Å². The zero-order valence-corrected chi connectivity index (χ0v) is 18.2. The summed E-state index contributed by atoms with van der Waals surface area (Å²) in [6, 6.07) is 2.83. The largest absolute Gasteiger partial charge is 0.349 e. The highest BCUT2D eigenvalue weighted by atomic mass is 35.5. The molecule has 0 bridgehead atoms. The Balaban J connectivity index is 2.14. The van der Waals surface area contributed by atoms with Crippen LogP contribution in [0, 0.1) is 5.82 Å². The summed E-state index contributed by atoms with van der Waals surface area (Å²) in [5.41, 5.74) is -0.429. The summed E-state index contributed by atoms with van der Waals surface area (Å²) in [5.74, 6) is -1.55. The van der Waals surface area contributed by atoms with E-state index >= 15 is 0 Å². The Kier molecular flexibility index (Phi) is 6.53. The molecule has 1 aliphatic rings. The van der Waals surface area contributed by atoms with Gasteiger partial charge in [-0.2, -0.15) is 0 Å². The molecule has 0 saturated heterocycles. The first kappa shape index (κ1) is 21.6. The lowest BCUT2D eigenvalue weighted by Crippen LogP contribution is -2.52. The number of hydrogen-bond acceptors (Lipinski definition) is 5. The first-order chi connectivity index (χ1) is 13.7. The van der Waals surface area contributed by atoms with Gasteiger partial charge in [-0.05, 0) is 57.3 Å². The fourth-order valence-corrected chi connectivity index (χ4v) is 4.37. The number of amides is 2. The molecule has 9 heteroatoms. The summed E-state index contributed by atoms with van der Waals surface area (Å²) in [6.45, 7) is 5.49. The molecule has 0 unspecified atom stereocenters. The average molecular weight is 439 g/mol. The van der Waals surface area contributed by atoms with Crippen LogP contribution in [0.4, 0.5) is 4.39 Å². The number of benzene rings is 1. The first-order valence-electron chi connectivity index (χ1n) is 9.54. The molecule has 0 spiro atoms. The van der Waals surface area contributed by atoms with E-state index in [-0.39, 0.29) is 22.3 Å². The Labute approximate surface area is 178 Å². The molecule has 156 valence electrons. The van der Waals surface area contributed by atoms with Crippen LogP contribution in [0.25, 0.3) is 0 Å². The van der Waals surface area contributed by atoms with E-state index in [1.54, 1.807) is 0 Å². The summed E-state index contributed by atoms with van der Waals surface area (Å²) in [4.78, 5) is 28.2. The Morgan fingerprint density at radius 2 is 2.00 bits per heavy atom. The van der Waals surface area contributed by atoms with Crippen molar-refractivity contribution in [3.8, 4) is 0 Å². The molecular weight excluding hydrogens is 415 g/mol. The van der Waals surface area contributed by atoms with Crippen molar-refractivity contribution in [1.82, 2.24) is 19.8 Å². The first-order valence-corrected chi connectivity index (χ1v) is 10.8. The maximum absolute atomic E-state index is 14.9. The number of halogens is 2. The number of hydrogen-bond donors (Lipinski definition) is 1. The smallest absolute Gasteiger partial charge is 0.276 e. The van der Waals surface area contributed by atoms with Gasteiger partial charge in [0.15, 0.2) is 5.69 Å². The van der Waals surface area contributed by atoms with Crippen molar-refractivity contribution < 1.29 is 14.0 Å². The lowest BCUT2D eigenvalue weighted by atomic mass is 9.98. The normalized spacial score (nSPS) is 15.9. The van der Waals surface area contributed by atoms with Gasteiger partial charge in [-0.3, -0.25) is 9.59 Å². The number of rotatable bonds is 5. The van der Waals surface area contributed by atoms with Crippen molar-refractivity contribution in [1.29, 1.82) is 0 Å². The van der Waals surface area contributed by atoms with Crippen molar-refractivity contribution in [2.75, 3.05) is 0 Å². The Hall–Kier alpha value is -2.06. The molecule has 2 aromatic rings. The van der Waals surface area contributed by atoms with Gasteiger partial charge in [-0.25, -0.2) is 4.39 Å². The van der Waals surface area contributed by atoms with Crippen LogP contribution in [0.5, 0.6) is 0 Å². The molecule has 1 aromatic heterocycles. The summed E-state index contributed by atoms with van der Waals surface area (Å²) < 4.78 is 18.7. The standard InChI is InChI=1S/C20H24ClFN4O2S/c1-20(2,3)23-18(27)17(16-13(21)9-6-10-14(16)22)26(12-7-4-5-8-12)19(28)15-11-29-25-24-15/h6,9-12,17H,4-5,7-8H2,1-3H3,(H,23,27)/t17-/m0/s1. The molecule has 6 nitrogen and oxygen atoms in total. The zero-order valence-electron chi connectivity index (χ0n) is 16.6. The average Bonchev–Trinajstić information content (AvgIpc) is 3.32. The van der Waals surface area contributed by atoms with E-state index in [1.165, 1.54) is 28.5 Å². The number of aromatic nitrogens is 2. The van der Waals surface area contributed by atoms with Gasteiger partial charge < -0.3 is 10.2 Å². The minimum atomic E-state index is -1.21. The molecule has 1 saturated carbocycles. The summed E-state index contributed by atoms with van der Waals surface area (Å²) in [6.07, 6.45) is 3.33. The molecule has 0 radical (unpaired) electrons. The van der Waals surface area contributed by atoms with Crippen LogP contribution < -0.4 is 5.32 Å². The van der Waals surface area contributed by atoms with E-state index in [4.69, 9.17) is 11.6 Å². The van der Waals surface area contributed by atoms with E-state index in [1.807, 2.05) is 20.8 Å². The number of nitrogens with zero attached hydrogens (tertiary/aromatic N) is 3. The molecule has 1 N–H and O–H groups in total. The molecule has 29 heavy (non-hydrogen) atoms. The van der Waals surface area contributed by atoms with E-state index in [2.05, 4.69) is 14.9 Å². The second-order valence-electron chi connectivity index (χ2n) is 8.22. The molecule has 1 heterocycles. The van der Waals surface area contributed by atoms with Crippen molar-refractivity contribution >= 4 is 34.9 Å². The van der Waals surface area contributed by atoms with Crippen molar-refractivity contribution in [3.63, 3.8) is 0 Å². The highest BCUT2D eigenvalue weighted by Crippen LogP contribution is 2.37. The lowest BCUT2D eigenvalue weighted by Gasteiger charge is -2.37. The van der Waals surface area contributed by atoms with Crippen molar-refractivity contribution in [3.05, 3.63) is 45.7 Å². The fourth-order valence-electron chi connectivity index (χ4n) is 3.67. The highest BCUT2D eigenvalue weighted by molar-refractivity contribution is 7.03. The van der Waals surface area contributed by atoms with E-state index in [0.29, 0.717) is 0 Å². The van der Waals surface area contributed by atoms with Crippen LogP contribution in [0.1, 0.15) is 68.5 Å². The molecule has 1 fully saturated rings. The Bertz CT molecular complexity index is 859. The highest BCUT2D eigenvalue weighted by Gasteiger charge is 2.41. The van der Waals surface area contributed by atoms with Crippen molar-refractivity contribution in [2.45, 2.75) is 64.1 Å². The number of nitrogens with one attached hydrogen (secondary N) is 1. The van der Waals surface area contributed by atoms with Gasteiger partial charge in [0, 0.05) is 27.5 Å². The predicted octanol–water partition coefficient (Wildman–Crippen LogP) is 4.37. The van der Waals surface area contributed by atoms with Gasteiger partial charge in [-0.1, -0.05) is 35.0 Å². The van der Waals surface area contributed by atoms with Crippen molar-refractivity contribution in [2.24, 2.45) is 0 Å². The fraction of sp³-hybridized carbons (Fsp3) is 0.500. The maximum atomic E-state index is 14.9. The van der Waals surface area contributed by atoms with Crippen LogP contribution in [-0.2, 0) is 4.79 Å². The maximum Gasteiger partial charge on any atom is 0.276 e. The molecule has 1 aromatic carbocycles. The Morgan fingerprint density at radius 1 is 1.31 bits per heavy atom. The van der Waals surface area contributed by atoms with Gasteiger partial charge in [-0.15, -0.1) is 5.10 Å². The predicted molar refractivity (Wildman–Crippen MR) is 110 cm³/mol. The van der Waals surface area contributed by atoms with E-state index < -0.39 is 29.2 Å². The molecule has 0 aliphatic heterocycles. The molecule has 3 rings (SSSR count). The number of carbonyl (C=O) groups excluding carboxylic acids is 2. The summed E-state index contributed by atoms with van der Waals surface area (Å²) >= 11 is 7.39.